The number of hydrogen-bond donors (Lipinski definition) is 0. The molecule has 0 unspecified atom stereocenters. The number of piperidine rings is 1. The van der Waals surface area contributed by atoms with E-state index in [-0.39, 0.29) is 0 Å². The van der Waals surface area contributed by atoms with Crippen LogP contribution in [-0.2, 0) is 13.0 Å². The third kappa shape index (κ3) is 5.27. The van der Waals surface area contributed by atoms with E-state index in [2.05, 4.69) is 82.4 Å². The van der Waals surface area contributed by atoms with Gasteiger partial charge in [-0.25, -0.2) is 0 Å². The summed E-state index contributed by atoms with van der Waals surface area (Å²) in [5.74, 6) is 0.475. The van der Waals surface area contributed by atoms with Crippen molar-refractivity contribution >= 4 is 0 Å². The summed E-state index contributed by atoms with van der Waals surface area (Å²) in [6.45, 7) is 4.07. The van der Waals surface area contributed by atoms with E-state index >= 15 is 0 Å². The van der Waals surface area contributed by atoms with Crippen LogP contribution in [0.5, 0.6) is 0 Å². The van der Waals surface area contributed by atoms with Crippen LogP contribution in [0.15, 0.2) is 91.0 Å². The normalized spacial score (nSPS) is 14.7. The van der Waals surface area contributed by atoms with Crippen molar-refractivity contribution in [2.24, 2.45) is 0 Å². The summed E-state index contributed by atoms with van der Waals surface area (Å²) in [5.41, 5.74) is 6.63. The van der Waals surface area contributed by atoms with Crippen LogP contribution in [0.2, 0.25) is 0 Å². The fraction of sp³-hybridized carbons (Fsp3) is 0.267. The van der Waals surface area contributed by atoms with Crippen LogP contribution in [0.4, 0.5) is 0 Å². The van der Waals surface area contributed by atoms with Crippen molar-refractivity contribution < 1.29 is 0 Å². The number of likely N-dealkylation sites (tertiary alicyclic amines) is 1. The molecule has 2 heterocycles. The molecule has 0 radical (unpaired) electrons. The number of aromatic nitrogens is 2. The van der Waals surface area contributed by atoms with E-state index in [1.54, 1.807) is 0 Å². The smallest absolute Gasteiger partial charge is 0.0991 e. The van der Waals surface area contributed by atoms with Gasteiger partial charge < -0.3 is 4.90 Å². The summed E-state index contributed by atoms with van der Waals surface area (Å²) in [4.78, 5) is 2.59. The second-order valence-electron chi connectivity index (χ2n) is 9.14. The molecule has 1 saturated heterocycles. The molecule has 5 rings (SSSR count). The molecule has 0 amide bonds. The van der Waals surface area contributed by atoms with Gasteiger partial charge in [-0.3, -0.25) is 4.68 Å². The summed E-state index contributed by atoms with van der Waals surface area (Å²) in [7, 11) is 0. The predicted molar refractivity (Wildman–Crippen MR) is 136 cm³/mol. The summed E-state index contributed by atoms with van der Waals surface area (Å²) in [6.07, 6.45) is 3.38. The lowest BCUT2D eigenvalue weighted by Crippen LogP contribution is -2.34. The molecule has 4 heteroatoms. The van der Waals surface area contributed by atoms with E-state index in [0.717, 1.165) is 56.7 Å². The number of benzene rings is 3. The fourth-order valence-corrected chi connectivity index (χ4v) is 4.88. The average molecular weight is 447 g/mol. The topological polar surface area (TPSA) is 44.9 Å². The fourth-order valence-electron chi connectivity index (χ4n) is 4.88. The highest BCUT2D eigenvalue weighted by Crippen LogP contribution is 2.31. The van der Waals surface area contributed by atoms with Crippen molar-refractivity contribution in [3.8, 4) is 17.3 Å². The van der Waals surface area contributed by atoms with Gasteiger partial charge in [0.25, 0.3) is 0 Å². The SMILES string of the molecule is N#Cc1cccc(-c2cc(C3CCN(CCc4ccccc4)CC3)nn2Cc2ccccc2)c1. The van der Waals surface area contributed by atoms with Crippen LogP contribution in [-0.4, -0.2) is 34.3 Å². The molecule has 0 N–H and O–H groups in total. The van der Waals surface area contributed by atoms with Crippen molar-refractivity contribution in [2.45, 2.75) is 31.7 Å². The molecule has 0 spiro atoms. The van der Waals surface area contributed by atoms with E-state index in [1.165, 1.54) is 16.8 Å². The van der Waals surface area contributed by atoms with Crippen molar-refractivity contribution in [3.05, 3.63) is 113 Å². The molecule has 34 heavy (non-hydrogen) atoms. The van der Waals surface area contributed by atoms with Gasteiger partial charge in [0.1, 0.15) is 0 Å². The third-order valence-corrected chi connectivity index (χ3v) is 6.83. The number of nitriles is 1. The van der Waals surface area contributed by atoms with E-state index in [0.29, 0.717) is 11.5 Å². The molecule has 4 aromatic rings. The summed E-state index contributed by atoms with van der Waals surface area (Å²) in [6, 6.07) is 33.6. The van der Waals surface area contributed by atoms with Crippen LogP contribution >= 0.6 is 0 Å². The minimum Gasteiger partial charge on any atom is -0.303 e. The second kappa shape index (κ2) is 10.5. The molecular formula is C30H30N4. The molecule has 1 aliphatic heterocycles. The molecule has 0 saturated carbocycles. The highest BCUT2D eigenvalue weighted by Gasteiger charge is 2.24. The Kier molecular flexibility index (Phi) is 6.84. The summed E-state index contributed by atoms with van der Waals surface area (Å²) in [5, 5.41) is 14.5. The molecule has 0 atom stereocenters. The van der Waals surface area contributed by atoms with Gasteiger partial charge in [-0.15, -0.1) is 0 Å². The van der Waals surface area contributed by atoms with Crippen LogP contribution < -0.4 is 0 Å². The first-order valence-electron chi connectivity index (χ1n) is 12.2. The summed E-state index contributed by atoms with van der Waals surface area (Å²) < 4.78 is 2.11. The first-order valence-corrected chi connectivity index (χ1v) is 12.2. The molecular weight excluding hydrogens is 416 g/mol. The van der Waals surface area contributed by atoms with Crippen molar-refractivity contribution in [3.63, 3.8) is 0 Å². The Balaban J connectivity index is 1.32. The number of hydrogen-bond acceptors (Lipinski definition) is 3. The van der Waals surface area contributed by atoms with E-state index in [4.69, 9.17) is 5.10 Å². The molecule has 170 valence electrons. The van der Waals surface area contributed by atoms with E-state index in [1.807, 2.05) is 24.3 Å². The molecule has 1 aliphatic rings. The van der Waals surface area contributed by atoms with Gasteiger partial charge >= 0.3 is 0 Å². The zero-order valence-corrected chi connectivity index (χ0v) is 19.5. The maximum Gasteiger partial charge on any atom is 0.0991 e. The first-order chi connectivity index (χ1) is 16.8. The minimum absolute atomic E-state index is 0.475. The monoisotopic (exact) mass is 446 g/mol. The van der Waals surface area contributed by atoms with Crippen molar-refractivity contribution in [1.29, 1.82) is 5.26 Å². The Morgan fingerprint density at radius 1 is 0.824 bits per heavy atom. The molecule has 1 fully saturated rings. The van der Waals surface area contributed by atoms with Gasteiger partial charge in [0.15, 0.2) is 0 Å². The zero-order chi connectivity index (χ0) is 23.2. The molecule has 0 aliphatic carbocycles. The van der Waals surface area contributed by atoms with Crippen LogP contribution in [0.1, 0.15) is 41.1 Å². The van der Waals surface area contributed by atoms with Gasteiger partial charge in [0.05, 0.1) is 29.6 Å². The van der Waals surface area contributed by atoms with Crippen LogP contribution in [0.25, 0.3) is 11.3 Å². The summed E-state index contributed by atoms with van der Waals surface area (Å²) >= 11 is 0. The van der Waals surface area contributed by atoms with E-state index < -0.39 is 0 Å². The van der Waals surface area contributed by atoms with Crippen LogP contribution in [0, 0.1) is 11.3 Å². The predicted octanol–water partition coefficient (Wildman–Crippen LogP) is 5.89. The standard InChI is InChI=1S/C30H30N4/c31-22-26-12-7-13-28(20-26)30-21-29(32-34(30)23-25-10-5-2-6-11-25)27-15-18-33(19-16-27)17-14-24-8-3-1-4-9-24/h1-13,20-21,27H,14-19,23H2. The van der Waals surface area contributed by atoms with Gasteiger partial charge in [-0.1, -0.05) is 72.8 Å². The van der Waals surface area contributed by atoms with Crippen molar-refractivity contribution in [2.75, 3.05) is 19.6 Å². The Bertz CT molecular complexity index is 1250. The van der Waals surface area contributed by atoms with E-state index in [9.17, 15) is 5.26 Å². The highest BCUT2D eigenvalue weighted by atomic mass is 15.3. The van der Waals surface area contributed by atoms with Gasteiger partial charge in [0.2, 0.25) is 0 Å². The quantitative estimate of drug-likeness (QED) is 0.355. The largest absolute Gasteiger partial charge is 0.303 e. The molecule has 3 aromatic carbocycles. The lowest BCUT2D eigenvalue weighted by atomic mass is 9.93. The maximum atomic E-state index is 9.39. The Labute approximate surface area is 202 Å². The molecule has 1 aromatic heterocycles. The Hall–Kier alpha value is -3.68. The van der Waals surface area contributed by atoms with Gasteiger partial charge in [-0.05, 0) is 61.7 Å². The van der Waals surface area contributed by atoms with Gasteiger partial charge in [-0.2, -0.15) is 10.4 Å². The van der Waals surface area contributed by atoms with Crippen molar-refractivity contribution in [1.82, 2.24) is 14.7 Å². The minimum atomic E-state index is 0.475. The highest BCUT2D eigenvalue weighted by molar-refractivity contribution is 5.62. The zero-order valence-electron chi connectivity index (χ0n) is 19.5. The number of nitrogens with zero attached hydrogens (tertiary/aromatic N) is 4. The van der Waals surface area contributed by atoms with Crippen LogP contribution in [0.3, 0.4) is 0 Å². The Morgan fingerprint density at radius 3 is 2.24 bits per heavy atom. The molecule has 4 nitrogen and oxygen atoms in total. The first kappa shape index (κ1) is 22.1. The maximum absolute atomic E-state index is 9.39. The number of rotatable bonds is 7. The third-order valence-electron chi connectivity index (χ3n) is 6.83. The second-order valence-corrected chi connectivity index (χ2v) is 9.14. The lowest BCUT2D eigenvalue weighted by molar-refractivity contribution is 0.213. The lowest BCUT2D eigenvalue weighted by Gasteiger charge is -2.31. The Morgan fingerprint density at radius 2 is 1.53 bits per heavy atom. The van der Waals surface area contributed by atoms with Gasteiger partial charge in [0, 0.05) is 18.0 Å². The average Bonchev–Trinajstić information content (AvgIpc) is 3.32. The molecule has 0 bridgehead atoms.